The van der Waals surface area contributed by atoms with Crippen molar-refractivity contribution >= 4 is 40.8 Å². The van der Waals surface area contributed by atoms with Crippen LogP contribution in [-0.4, -0.2) is 72.1 Å². The molecule has 9 nitrogen and oxygen atoms in total. The predicted octanol–water partition coefficient (Wildman–Crippen LogP) is 5.33. The average molecular weight is 622 g/mol. The molecule has 1 saturated heterocycles. The van der Waals surface area contributed by atoms with Crippen molar-refractivity contribution in [3.05, 3.63) is 69.7 Å². The van der Waals surface area contributed by atoms with Gasteiger partial charge >= 0.3 is 6.18 Å². The number of hydrogen-bond donors (Lipinski definition) is 2. The van der Waals surface area contributed by atoms with Gasteiger partial charge in [-0.25, -0.2) is 4.98 Å². The van der Waals surface area contributed by atoms with Gasteiger partial charge in [-0.15, -0.1) is 0 Å². The van der Waals surface area contributed by atoms with Crippen molar-refractivity contribution in [2.75, 3.05) is 49.9 Å². The summed E-state index contributed by atoms with van der Waals surface area (Å²) in [5.41, 5.74) is 7.07. The largest absolute Gasteiger partial charge is 0.588 e. The van der Waals surface area contributed by atoms with E-state index in [1.54, 1.807) is 43.3 Å². The Balaban J connectivity index is 1.85. The van der Waals surface area contributed by atoms with E-state index in [0.29, 0.717) is 16.8 Å². The predicted molar refractivity (Wildman–Crippen MR) is 162 cm³/mol. The Kier molecular flexibility index (Phi) is 10.2. The van der Waals surface area contributed by atoms with Crippen molar-refractivity contribution in [1.29, 1.82) is 0 Å². The number of aromatic nitrogens is 2. The quantitative estimate of drug-likeness (QED) is 0.243. The van der Waals surface area contributed by atoms with Crippen LogP contribution in [0.15, 0.2) is 58.6 Å². The second-order valence-electron chi connectivity index (χ2n) is 9.60. The fourth-order valence-electron chi connectivity index (χ4n) is 4.41. The highest BCUT2D eigenvalue weighted by atomic mass is 35.5. The van der Waals surface area contributed by atoms with E-state index in [1.807, 2.05) is 13.1 Å². The minimum atomic E-state index is -4.62. The molecule has 1 unspecified atom stereocenters. The fourth-order valence-corrected chi connectivity index (χ4v) is 5.39. The van der Waals surface area contributed by atoms with Gasteiger partial charge in [-0.05, 0) is 31.7 Å². The molecular formula is C28H31ClF3N7O2S. The lowest BCUT2D eigenvalue weighted by Crippen LogP contribution is -2.44. The van der Waals surface area contributed by atoms with E-state index in [-0.39, 0.29) is 38.8 Å². The van der Waals surface area contributed by atoms with Crippen molar-refractivity contribution in [1.82, 2.24) is 14.9 Å². The van der Waals surface area contributed by atoms with Gasteiger partial charge in [0.05, 0.1) is 35.8 Å². The Morgan fingerprint density at radius 3 is 2.52 bits per heavy atom. The number of alkyl halides is 3. The molecule has 1 aliphatic heterocycles. The minimum Gasteiger partial charge on any atom is -0.588 e. The van der Waals surface area contributed by atoms with Crippen LogP contribution in [0.2, 0.25) is 5.02 Å². The Bertz CT molecular complexity index is 1460. The van der Waals surface area contributed by atoms with Gasteiger partial charge in [0.15, 0.2) is 0 Å². The van der Waals surface area contributed by atoms with Crippen LogP contribution < -0.4 is 20.1 Å². The Hall–Kier alpha value is -3.52. The van der Waals surface area contributed by atoms with Crippen LogP contribution in [0.1, 0.15) is 11.1 Å². The maximum Gasteiger partial charge on any atom is 0.393 e. The lowest BCUT2D eigenvalue weighted by molar-refractivity contribution is -0.127. The maximum absolute atomic E-state index is 14.0. The second-order valence-corrected chi connectivity index (χ2v) is 11.2. The van der Waals surface area contributed by atoms with Crippen LogP contribution in [0.25, 0.3) is 11.3 Å². The molecule has 2 aromatic carbocycles. The zero-order valence-electron chi connectivity index (χ0n) is 23.3. The summed E-state index contributed by atoms with van der Waals surface area (Å²) >= 11 is 4.79. The van der Waals surface area contributed by atoms with E-state index in [1.165, 1.54) is 13.3 Å². The van der Waals surface area contributed by atoms with Crippen LogP contribution in [0.3, 0.4) is 0 Å². The molecule has 42 heavy (non-hydrogen) atoms. The molecule has 0 bridgehead atoms. The molecule has 224 valence electrons. The topological polar surface area (TPSA) is 115 Å². The lowest BCUT2D eigenvalue weighted by atomic mass is 10.00. The SMILES string of the molecule is CN=CC(=CN)[S+]([O-])Nc1nc(Oc2cccc(N3CCN(C)CC3)c2Cl)c(CC(F)(F)F)c(-c2ccccc2C)n1. The number of anilines is 2. The molecule has 0 radical (unpaired) electrons. The third-order valence-electron chi connectivity index (χ3n) is 6.56. The molecule has 1 fully saturated rings. The van der Waals surface area contributed by atoms with Gasteiger partial charge in [0.1, 0.15) is 22.1 Å². The number of nitrogens with two attached hydrogens (primary N) is 1. The van der Waals surface area contributed by atoms with E-state index in [4.69, 9.17) is 22.1 Å². The molecule has 4 rings (SSSR count). The van der Waals surface area contributed by atoms with E-state index in [2.05, 4.69) is 29.5 Å². The summed E-state index contributed by atoms with van der Waals surface area (Å²) in [5, 5.41) is 0.238. The highest BCUT2D eigenvalue weighted by molar-refractivity contribution is 7.97. The number of likely N-dealkylation sites (N-methyl/N-ethyl adjacent to an activating group) is 1. The van der Waals surface area contributed by atoms with Crippen molar-refractivity contribution in [2.45, 2.75) is 19.5 Å². The fraction of sp³-hybridized carbons (Fsp3) is 0.321. The monoisotopic (exact) mass is 621 g/mol. The number of benzene rings is 2. The maximum atomic E-state index is 14.0. The highest BCUT2D eigenvalue weighted by Crippen LogP contribution is 2.41. The number of hydrogen-bond acceptors (Lipinski definition) is 9. The van der Waals surface area contributed by atoms with Crippen LogP contribution in [0.4, 0.5) is 24.8 Å². The molecule has 3 N–H and O–H groups in total. The average Bonchev–Trinajstić information content (AvgIpc) is 2.94. The molecule has 1 aliphatic rings. The van der Waals surface area contributed by atoms with Crippen LogP contribution in [0.5, 0.6) is 11.6 Å². The molecule has 3 aromatic rings. The second kappa shape index (κ2) is 13.6. The number of nitrogens with one attached hydrogen (secondary N) is 1. The third-order valence-corrected chi connectivity index (χ3v) is 7.98. The number of halogens is 4. The van der Waals surface area contributed by atoms with Gasteiger partial charge in [-0.3, -0.25) is 4.99 Å². The molecule has 0 aliphatic carbocycles. The van der Waals surface area contributed by atoms with Crippen molar-refractivity contribution < 1.29 is 22.5 Å². The number of piperazine rings is 1. The van der Waals surface area contributed by atoms with Crippen LogP contribution >= 0.6 is 11.6 Å². The van der Waals surface area contributed by atoms with Gasteiger partial charge in [0.25, 0.3) is 5.95 Å². The Labute approximate surface area is 250 Å². The third kappa shape index (κ3) is 7.65. The van der Waals surface area contributed by atoms with Crippen molar-refractivity contribution in [3.63, 3.8) is 0 Å². The zero-order chi connectivity index (χ0) is 30.4. The van der Waals surface area contributed by atoms with Crippen LogP contribution in [0, 0.1) is 6.92 Å². The minimum absolute atomic E-state index is 0.0243. The molecular weight excluding hydrogens is 591 g/mol. The van der Waals surface area contributed by atoms with E-state index < -0.39 is 24.0 Å². The molecule has 0 amide bonds. The summed E-state index contributed by atoms with van der Waals surface area (Å²) in [6, 6.07) is 12.0. The smallest absolute Gasteiger partial charge is 0.393 e. The van der Waals surface area contributed by atoms with Gasteiger partial charge in [-0.1, -0.05) is 41.9 Å². The lowest BCUT2D eigenvalue weighted by Gasteiger charge is -2.34. The van der Waals surface area contributed by atoms with E-state index >= 15 is 0 Å². The molecule has 1 aromatic heterocycles. The molecule has 0 spiro atoms. The Morgan fingerprint density at radius 2 is 1.88 bits per heavy atom. The first kappa shape index (κ1) is 31.4. The molecule has 14 heteroatoms. The number of aryl methyl sites for hydroxylation is 1. The Morgan fingerprint density at radius 1 is 1.17 bits per heavy atom. The number of allylic oxidation sites excluding steroid dienone is 1. The number of aliphatic imine (C=N–C) groups is 1. The summed E-state index contributed by atoms with van der Waals surface area (Å²) < 4.78 is 63.6. The summed E-state index contributed by atoms with van der Waals surface area (Å²) in [6.07, 6.45) is -3.61. The summed E-state index contributed by atoms with van der Waals surface area (Å²) in [6.45, 7) is 4.86. The van der Waals surface area contributed by atoms with Gasteiger partial charge in [0, 0.05) is 38.8 Å². The van der Waals surface area contributed by atoms with Crippen molar-refractivity contribution in [2.24, 2.45) is 10.7 Å². The molecule has 0 saturated carbocycles. The number of ether oxygens (including phenoxy) is 1. The zero-order valence-corrected chi connectivity index (χ0v) is 24.9. The number of rotatable bonds is 9. The standard InChI is InChI=1S/C28H31ClF3N7O2S/c1-18-7-4-5-8-20(18)25-21(15-28(30,31)32)26(36-27(35-25)37-42(40)19(16-33)17-34-2)41-23-10-6-9-22(24(23)29)39-13-11-38(3)12-14-39/h4-10,16-17H,11-15,33H2,1-3H3,(H,35,36,37). The first-order valence-electron chi connectivity index (χ1n) is 13.0. The van der Waals surface area contributed by atoms with Gasteiger partial charge in [-0.2, -0.15) is 22.9 Å². The van der Waals surface area contributed by atoms with Crippen molar-refractivity contribution in [3.8, 4) is 22.9 Å². The summed E-state index contributed by atoms with van der Waals surface area (Å²) in [5.74, 6) is -0.485. The normalized spacial score (nSPS) is 15.7. The van der Waals surface area contributed by atoms with E-state index in [0.717, 1.165) is 32.4 Å². The molecule has 1 atom stereocenters. The summed E-state index contributed by atoms with van der Waals surface area (Å²) in [7, 11) is 3.51. The van der Waals surface area contributed by atoms with Gasteiger partial charge in [0.2, 0.25) is 10.8 Å². The van der Waals surface area contributed by atoms with E-state index in [9.17, 15) is 17.7 Å². The highest BCUT2D eigenvalue weighted by Gasteiger charge is 2.34. The first-order valence-corrected chi connectivity index (χ1v) is 14.5. The van der Waals surface area contributed by atoms with Gasteiger partial charge < -0.3 is 24.8 Å². The summed E-state index contributed by atoms with van der Waals surface area (Å²) in [4.78, 5) is 16.8. The molecule has 2 heterocycles. The number of nitrogens with zero attached hydrogens (tertiary/aromatic N) is 5. The first-order chi connectivity index (χ1) is 20.0. The van der Waals surface area contributed by atoms with Crippen LogP contribution in [-0.2, 0) is 17.8 Å².